The second-order valence-corrected chi connectivity index (χ2v) is 7.56. The van der Waals surface area contributed by atoms with Crippen molar-refractivity contribution in [2.45, 2.75) is 82.4 Å². The number of hydrogen-bond acceptors (Lipinski definition) is 8. The Morgan fingerprint density at radius 3 is 2.50 bits per heavy atom. The van der Waals surface area contributed by atoms with Gasteiger partial charge in [0.05, 0.1) is 13.2 Å². The van der Waals surface area contributed by atoms with E-state index in [0.717, 1.165) is 19.3 Å². The van der Waals surface area contributed by atoms with Gasteiger partial charge in [-0.05, 0) is 25.7 Å². The summed E-state index contributed by atoms with van der Waals surface area (Å²) in [5.41, 5.74) is 0. The summed E-state index contributed by atoms with van der Waals surface area (Å²) in [4.78, 5) is 23.3. The van der Waals surface area contributed by atoms with E-state index in [4.69, 9.17) is 4.74 Å². The monoisotopic (exact) mass is 439 g/mol. The number of aliphatic carboxylic acids is 1. The molecule has 1 fully saturated rings. The zero-order valence-electron chi connectivity index (χ0n) is 18.0. The van der Waals surface area contributed by atoms with Gasteiger partial charge >= 0.3 is 29.6 Å². The maximum atomic E-state index is 12.4. The predicted molar refractivity (Wildman–Crippen MR) is 102 cm³/mol. The van der Waals surface area contributed by atoms with Crippen LogP contribution in [0.15, 0.2) is 12.2 Å². The van der Waals surface area contributed by atoms with Gasteiger partial charge in [-0.3, -0.25) is 4.79 Å². The Balaban J connectivity index is 0.00000841. The molecule has 1 amide bonds. The van der Waals surface area contributed by atoms with Crippen LogP contribution >= 0.6 is 0 Å². The van der Waals surface area contributed by atoms with E-state index in [0.29, 0.717) is 0 Å². The number of nitrogens with one attached hydrogen (secondary N) is 1. The molecule has 30 heavy (non-hydrogen) atoms. The summed E-state index contributed by atoms with van der Waals surface area (Å²) < 4.78 is 4.96. The Morgan fingerprint density at radius 2 is 1.87 bits per heavy atom. The first-order chi connectivity index (χ1) is 13.7. The van der Waals surface area contributed by atoms with Gasteiger partial charge in [0.25, 0.3) is 0 Å². The zero-order chi connectivity index (χ0) is 21.9. The Bertz CT molecular complexity index is 547. The fraction of sp³-hybridized carbons (Fsp3) is 0.800. The molecule has 1 heterocycles. The molecule has 1 rings (SSSR count). The number of carbonyl (C=O) groups is 2. The van der Waals surface area contributed by atoms with Gasteiger partial charge in [0, 0.05) is 11.9 Å². The number of carboxylic acids is 1. The average molecular weight is 439 g/mol. The van der Waals surface area contributed by atoms with E-state index >= 15 is 0 Å². The number of carbonyl (C=O) groups excluding carboxylic acids is 2. The molecule has 5 atom stereocenters. The van der Waals surface area contributed by atoms with Crippen molar-refractivity contribution in [2.24, 2.45) is 5.92 Å². The number of amides is 1. The van der Waals surface area contributed by atoms with Gasteiger partial charge in [-0.15, -0.1) is 0 Å². The first-order valence-corrected chi connectivity index (χ1v) is 10.2. The Kier molecular flexibility index (Phi) is 15.0. The van der Waals surface area contributed by atoms with Gasteiger partial charge in [0.2, 0.25) is 11.7 Å². The number of allylic oxidation sites excluding steroid dienone is 2. The van der Waals surface area contributed by atoms with Crippen LogP contribution in [0.3, 0.4) is 0 Å². The molecular formula is C20H34NNaO8. The molecule has 0 aliphatic carbocycles. The van der Waals surface area contributed by atoms with Crippen molar-refractivity contribution in [1.29, 1.82) is 0 Å². The van der Waals surface area contributed by atoms with E-state index in [-0.39, 0.29) is 36.0 Å². The van der Waals surface area contributed by atoms with Gasteiger partial charge < -0.3 is 40.4 Å². The smallest absolute Gasteiger partial charge is 0.550 e. The second-order valence-electron chi connectivity index (χ2n) is 7.56. The number of unbranched alkanes of at least 4 members (excludes halogenated alkanes) is 5. The summed E-state index contributed by atoms with van der Waals surface area (Å²) in [7, 11) is 0. The van der Waals surface area contributed by atoms with Crippen molar-refractivity contribution in [3.8, 4) is 0 Å². The minimum Gasteiger partial charge on any atom is -0.550 e. The summed E-state index contributed by atoms with van der Waals surface area (Å²) in [6.45, 7) is 1.16. The maximum Gasteiger partial charge on any atom is 1.00 e. The Hall–Kier alpha value is -0.520. The van der Waals surface area contributed by atoms with Crippen molar-refractivity contribution in [3.05, 3.63) is 12.2 Å². The maximum absolute atomic E-state index is 12.4. The molecule has 0 saturated carbocycles. The van der Waals surface area contributed by atoms with Crippen molar-refractivity contribution in [1.82, 2.24) is 5.32 Å². The average Bonchev–Trinajstić information content (AvgIpc) is 2.68. The van der Waals surface area contributed by atoms with E-state index in [1.807, 2.05) is 6.08 Å². The molecule has 5 N–H and O–H groups in total. The SMILES string of the molecule is CCCCCCC/C=C/CC(CC(=O)[O-])C(=O)NC[C@]1(O)OC[C@@H](O)[C@@H](O)[C@@H]1O.[Na+]. The molecule has 1 aliphatic rings. The van der Waals surface area contributed by atoms with Gasteiger partial charge in [0.1, 0.15) is 18.3 Å². The molecule has 168 valence electrons. The summed E-state index contributed by atoms with van der Waals surface area (Å²) >= 11 is 0. The van der Waals surface area contributed by atoms with Gasteiger partial charge in [0.15, 0.2) is 0 Å². The fourth-order valence-electron chi connectivity index (χ4n) is 3.13. The van der Waals surface area contributed by atoms with Gasteiger partial charge in [-0.25, -0.2) is 0 Å². The largest absolute Gasteiger partial charge is 1.00 e. The number of aliphatic hydroxyl groups is 4. The van der Waals surface area contributed by atoms with Crippen molar-refractivity contribution >= 4 is 11.9 Å². The van der Waals surface area contributed by atoms with Crippen LogP contribution in [0.1, 0.15) is 58.3 Å². The van der Waals surface area contributed by atoms with E-state index in [1.54, 1.807) is 6.08 Å². The molecule has 1 aliphatic heterocycles. The Labute approximate surface area is 199 Å². The molecule has 10 heteroatoms. The zero-order valence-corrected chi connectivity index (χ0v) is 20.0. The third kappa shape index (κ3) is 10.2. The quantitative estimate of drug-likeness (QED) is 0.110. The van der Waals surface area contributed by atoms with Crippen LogP contribution in [-0.4, -0.2) is 69.6 Å². The molecule has 9 nitrogen and oxygen atoms in total. The van der Waals surface area contributed by atoms with Crippen LogP contribution in [0.2, 0.25) is 0 Å². The molecule has 1 saturated heterocycles. The topological polar surface area (TPSA) is 159 Å². The van der Waals surface area contributed by atoms with Crippen LogP contribution in [0.25, 0.3) is 0 Å². The number of rotatable bonds is 13. The summed E-state index contributed by atoms with van der Waals surface area (Å²) in [5, 5.41) is 52.6. The third-order valence-electron chi connectivity index (χ3n) is 5.05. The molecule has 0 aromatic carbocycles. The van der Waals surface area contributed by atoms with Crippen molar-refractivity contribution < 1.29 is 69.4 Å². The number of ether oxygens (including phenoxy) is 1. The molecule has 1 unspecified atom stereocenters. The molecule has 0 spiro atoms. The third-order valence-corrected chi connectivity index (χ3v) is 5.05. The van der Waals surface area contributed by atoms with Crippen LogP contribution in [0.5, 0.6) is 0 Å². The molecule has 0 aromatic heterocycles. The van der Waals surface area contributed by atoms with E-state index in [9.17, 15) is 35.1 Å². The van der Waals surface area contributed by atoms with Crippen molar-refractivity contribution in [3.63, 3.8) is 0 Å². The van der Waals surface area contributed by atoms with Crippen LogP contribution in [-0.2, 0) is 14.3 Å². The first kappa shape index (κ1) is 29.5. The van der Waals surface area contributed by atoms with E-state index in [2.05, 4.69) is 12.2 Å². The summed E-state index contributed by atoms with van der Waals surface area (Å²) in [6.07, 6.45) is 5.12. The molecule has 0 aromatic rings. The number of hydrogen-bond donors (Lipinski definition) is 5. The van der Waals surface area contributed by atoms with Crippen LogP contribution in [0.4, 0.5) is 0 Å². The number of carboxylic acid groups (broad SMARTS) is 1. The predicted octanol–water partition coefficient (Wildman–Crippen LogP) is -4.03. The Morgan fingerprint density at radius 1 is 1.20 bits per heavy atom. The van der Waals surface area contributed by atoms with E-state index < -0.39 is 61.5 Å². The van der Waals surface area contributed by atoms with Gasteiger partial charge in [-0.2, -0.15) is 0 Å². The van der Waals surface area contributed by atoms with Crippen LogP contribution < -0.4 is 40.0 Å². The van der Waals surface area contributed by atoms with E-state index in [1.165, 1.54) is 19.3 Å². The first-order valence-electron chi connectivity index (χ1n) is 10.2. The number of aliphatic hydroxyl groups excluding tert-OH is 3. The molecular weight excluding hydrogens is 405 g/mol. The fourth-order valence-corrected chi connectivity index (χ4v) is 3.13. The minimum atomic E-state index is -2.28. The van der Waals surface area contributed by atoms with Gasteiger partial charge in [-0.1, -0.05) is 44.8 Å². The normalized spacial score (nSPS) is 27.4. The van der Waals surface area contributed by atoms with Crippen LogP contribution in [0, 0.1) is 5.92 Å². The molecule has 0 bridgehead atoms. The summed E-state index contributed by atoms with van der Waals surface area (Å²) in [5.74, 6) is -5.21. The van der Waals surface area contributed by atoms with Crippen molar-refractivity contribution in [2.75, 3.05) is 13.2 Å². The standard InChI is InChI=1S/C20H35NO8.Na/c1-2-3-4-5-6-7-8-9-10-14(11-16(23)24)19(27)21-13-20(28)18(26)17(25)15(22)12-29-20;/h8-9,14-15,17-18,22,25-26,28H,2-7,10-13H2,1H3,(H,21,27)(H,23,24);/q;+1/p-1/b9-8+;/t14?,15-,17-,18+,20+;/m1./s1. The summed E-state index contributed by atoms with van der Waals surface area (Å²) in [6, 6.07) is 0. The second kappa shape index (κ2) is 15.3. The molecule has 0 radical (unpaired) electrons. The minimum absolute atomic E-state index is 0.